The molecule has 166 valence electrons. The van der Waals surface area contributed by atoms with Gasteiger partial charge in [0, 0.05) is 12.3 Å². The molecule has 4 aromatic carbocycles. The number of benzene rings is 4. The lowest BCUT2D eigenvalue weighted by atomic mass is 10.2. The average Bonchev–Trinajstić information content (AvgIpc) is 2.88. The smallest absolute Gasteiger partial charge is 0.343 e. The maximum absolute atomic E-state index is 12.3. The quantitative estimate of drug-likeness (QED) is 0.0756. The van der Waals surface area contributed by atoms with Crippen LogP contribution in [0.4, 0.5) is 22.7 Å². The summed E-state index contributed by atoms with van der Waals surface area (Å²) < 4.78 is 5.23. The summed E-state index contributed by atoms with van der Waals surface area (Å²) in [6.07, 6.45) is 1.50. The molecule has 0 bridgehead atoms. The fraction of sp³-hybridized carbons (Fsp3) is 0. The molecule has 0 atom stereocenters. The Hall–Kier alpha value is -4.98. The lowest BCUT2D eigenvalue weighted by Crippen LogP contribution is -2.09. The number of nitro benzene ring substituents is 1. The zero-order chi connectivity index (χ0) is 23.8. The van der Waals surface area contributed by atoms with Gasteiger partial charge in [-0.1, -0.05) is 36.4 Å². The van der Waals surface area contributed by atoms with Crippen LogP contribution in [0.5, 0.6) is 5.75 Å². The minimum absolute atomic E-state index is 0.135. The molecule has 0 aromatic heterocycles. The third-order valence-corrected chi connectivity index (χ3v) is 4.64. The molecular weight excluding hydrogens is 432 g/mol. The predicted molar refractivity (Wildman–Crippen MR) is 129 cm³/mol. The number of carbonyl (C=O) groups excluding carboxylic acids is 1. The Morgan fingerprint density at radius 1 is 0.765 bits per heavy atom. The Bertz CT molecular complexity index is 1350. The van der Waals surface area contributed by atoms with Gasteiger partial charge in [0.15, 0.2) is 0 Å². The van der Waals surface area contributed by atoms with E-state index in [1.54, 1.807) is 60.7 Å². The summed E-state index contributed by atoms with van der Waals surface area (Å²) in [6, 6.07) is 29.0. The van der Waals surface area contributed by atoms with Crippen LogP contribution in [0.2, 0.25) is 0 Å². The molecule has 0 aliphatic heterocycles. The molecule has 4 rings (SSSR count). The van der Waals surface area contributed by atoms with Gasteiger partial charge >= 0.3 is 11.7 Å². The highest BCUT2D eigenvalue weighted by molar-refractivity contribution is 5.92. The zero-order valence-electron chi connectivity index (χ0n) is 17.8. The fourth-order valence-corrected chi connectivity index (χ4v) is 2.94. The average molecular weight is 450 g/mol. The molecular formula is C26H18N4O4. The van der Waals surface area contributed by atoms with Crippen LogP contribution in [-0.2, 0) is 0 Å². The molecule has 0 heterocycles. The highest BCUT2D eigenvalue weighted by Crippen LogP contribution is 2.29. The maximum atomic E-state index is 12.3. The third-order valence-electron chi connectivity index (χ3n) is 4.64. The lowest BCUT2D eigenvalue weighted by Gasteiger charge is -2.06. The van der Waals surface area contributed by atoms with Crippen LogP contribution in [0.25, 0.3) is 0 Å². The van der Waals surface area contributed by atoms with Crippen LogP contribution in [-0.4, -0.2) is 17.1 Å². The van der Waals surface area contributed by atoms with E-state index in [1.165, 1.54) is 18.3 Å². The number of aliphatic imine (C=N–C) groups is 1. The van der Waals surface area contributed by atoms with Crippen molar-refractivity contribution in [1.82, 2.24) is 0 Å². The molecule has 8 nitrogen and oxygen atoms in total. The molecule has 0 amide bonds. The van der Waals surface area contributed by atoms with Crippen molar-refractivity contribution < 1.29 is 14.5 Å². The van der Waals surface area contributed by atoms with E-state index < -0.39 is 10.9 Å². The summed E-state index contributed by atoms with van der Waals surface area (Å²) in [5, 5.41) is 19.9. The van der Waals surface area contributed by atoms with Gasteiger partial charge in [-0.15, -0.1) is 0 Å². The van der Waals surface area contributed by atoms with Crippen molar-refractivity contribution >= 4 is 34.9 Å². The highest BCUT2D eigenvalue weighted by Gasteiger charge is 2.19. The monoisotopic (exact) mass is 450 g/mol. The van der Waals surface area contributed by atoms with Crippen molar-refractivity contribution in [3.8, 4) is 5.75 Å². The summed E-state index contributed by atoms with van der Waals surface area (Å²) in [7, 11) is 0. The summed E-state index contributed by atoms with van der Waals surface area (Å²) in [4.78, 5) is 27.5. The van der Waals surface area contributed by atoms with E-state index in [0.29, 0.717) is 22.5 Å². The number of nitro groups is 1. The van der Waals surface area contributed by atoms with E-state index in [9.17, 15) is 14.9 Å². The minimum atomic E-state index is -0.672. The molecule has 0 saturated carbocycles. The molecule has 8 heteroatoms. The van der Waals surface area contributed by atoms with E-state index in [-0.39, 0.29) is 11.4 Å². The van der Waals surface area contributed by atoms with E-state index in [1.807, 2.05) is 30.3 Å². The first-order chi connectivity index (χ1) is 16.6. The molecule has 0 unspecified atom stereocenters. The van der Waals surface area contributed by atoms with E-state index in [0.717, 1.165) is 5.69 Å². The van der Waals surface area contributed by atoms with E-state index >= 15 is 0 Å². The molecule has 0 fully saturated rings. The van der Waals surface area contributed by atoms with Crippen LogP contribution in [0.1, 0.15) is 15.9 Å². The minimum Gasteiger partial charge on any atom is -0.416 e. The SMILES string of the molecule is O=C(Oc1ccc(C=Nc2ccc(N=Nc3ccccc3)cc2)cc1[N+](=O)[O-])c1ccccc1. The number of hydrogen-bond donors (Lipinski definition) is 0. The Kier molecular flexibility index (Phi) is 6.90. The highest BCUT2D eigenvalue weighted by atomic mass is 16.6. The molecule has 0 radical (unpaired) electrons. The Balaban J connectivity index is 1.46. The largest absolute Gasteiger partial charge is 0.416 e. The van der Waals surface area contributed by atoms with Crippen LogP contribution >= 0.6 is 0 Å². The maximum Gasteiger partial charge on any atom is 0.343 e. The Morgan fingerprint density at radius 3 is 2.00 bits per heavy atom. The number of carbonyl (C=O) groups is 1. The van der Waals surface area contributed by atoms with Crippen LogP contribution < -0.4 is 4.74 Å². The summed E-state index contributed by atoms with van der Waals surface area (Å²) >= 11 is 0. The van der Waals surface area contributed by atoms with Crippen LogP contribution in [0.3, 0.4) is 0 Å². The third kappa shape index (κ3) is 5.83. The lowest BCUT2D eigenvalue weighted by molar-refractivity contribution is -0.385. The molecule has 0 N–H and O–H groups in total. The summed E-state index contributed by atoms with van der Waals surface area (Å²) in [6.45, 7) is 0. The van der Waals surface area contributed by atoms with Crippen molar-refractivity contribution in [3.05, 3.63) is 124 Å². The number of hydrogen-bond acceptors (Lipinski definition) is 7. The first-order valence-corrected chi connectivity index (χ1v) is 10.2. The molecule has 34 heavy (non-hydrogen) atoms. The molecule has 0 aliphatic rings. The summed E-state index contributed by atoms with van der Waals surface area (Å²) in [5.74, 6) is -0.807. The molecule has 0 aliphatic carbocycles. The van der Waals surface area contributed by atoms with Crippen LogP contribution in [0.15, 0.2) is 118 Å². The van der Waals surface area contributed by atoms with Crippen molar-refractivity contribution in [1.29, 1.82) is 0 Å². The van der Waals surface area contributed by atoms with Gasteiger partial charge in [-0.05, 0) is 66.2 Å². The Morgan fingerprint density at radius 2 is 1.35 bits per heavy atom. The molecule has 0 saturated heterocycles. The number of ether oxygens (including phenoxy) is 1. The van der Waals surface area contributed by atoms with Gasteiger partial charge in [0.2, 0.25) is 5.75 Å². The second kappa shape index (κ2) is 10.6. The standard InChI is InChI=1S/C26H18N4O4/c31-26(20-7-3-1-4-8-20)34-25-16-11-19(17-24(25)30(32)33)18-27-21-12-14-23(15-13-21)29-28-22-9-5-2-6-10-22/h1-18H. The number of rotatable bonds is 7. The zero-order valence-corrected chi connectivity index (χ0v) is 17.8. The van der Waals surface area contributed by atoms with Crippen molar-refractivity contribution in [2.24, 2.45) is 15.2 Å². The van der Waals surface area contributed by atoms with Crippen LogP contribution in [0, 0.1) is 10.1 Å². The Labute approximate surface area is 195 Å². The first kappa shape index (κ1) is 22.2. The number of nitrogens with zero attached hydrogens (tertiary/aromatic N) is 4. The second-order valence-corrected chi connectivity index (χ2v) is 7.05. The number of azo groups is 1. The normalized spacial score (nSPS) is 11.1. The van der Waals surface area contributed by atoms with E-state index in [2.05, 4.69) is 15.2 Å². The number of esters is 1. The van der Waals surface area contributed by atoms with Gasteiger partial charge in [-0.25, -0.2) is 4.79 Å². The van der Waals surface area contributed by atoms with Gasteiger partial charge in [0.25, 0.3) is 0 Å². The van der Waals surface area contributed by atoms with Crippen molar-refractivity contribution in [2.45, 2.75) is 0 Å². The first-order valence-electron chi connectivity index (χ1n) is 10.2. The van der Waals surface area contributed by atoms with Gasteiger partial charge in [-0.2, -0.15) is 10.2 Å². The van der Waals surface area contributed by atoms with Gasteiger partial charge < -0.3 is 4.74 Å². The van der Waals surface area contributed by atoms with E-state index in [4.69, 9.17) is 4.74 Å². The van der Waals surface area contributed by atoms with Gasteiger partial charge in [0.1, 0.15) is 0 Å². The topological polar surface area (TPSA) is 107 Å². The van der Waals surface area contributed by atoms with Crippen molar-refractivity contribution in [2.75, 3.05) is 0 Å². The second-order valence-electron chi connectivity index (χ2n) is 7.05. The molecule has 4 aromatic rings. The predicted octanol–water partition coefficient (Wildman–Crippen LogP) is 6.98. The summed E-state index contributed by atoms with van der Waals surface area (Å²) in [5.41, 5.74) is 2.52. The fourth-order valence-electron chi connectivity index (χ4n) is 2.94. The molecule has 0 spiro atoms. The van der Waals surface area contributed by atoms with Gasteiger partial charge in [-0.3, -0.25) is 15.1 Å². The van der Waals surface area contributed by atoms with Gasteiger partial charge in [0.05, 0.1) is 27.5 Å². The van der Waals surface area contributed by atoms with Crippen molar-refractivity contribution in [3.63, 3.8) is 0 Å².